The number of anilines is 3. The molecule has 0 radical (unpaired) electrons. The van der Waals surface area contributed by atoms with Crippen molar-refractivity contribution in [2.24, 2.45) is 0 Å². The third-order valence-corrected chi connectivity index (χ3v) is 10.6. The number of rotatable bonds is 6. The molecular formula is C27H35N7O4S. The van der Waals surface area contributed by atoms with Crippen molar-refractivity contribution in [1.82, 2.24) is 20.2 Å². The third-order valence-electron chi connectivity index (χ3n) is 7.35. The van der Waals surface area contributed by atoms with Gasteiger partial charge in [0.2, 0.25) is 0 Å². The van der Waals surface area contributed by atoms with Crippen LogP contribution in [-0.2, 0) is 19.3 Å². The number of aryl methyl sites for hydroxylation is 1. The number of aromatic nitrogens is 4. The van der Waals surface area contributed by atoms with Crippen molar-refractivity contribution in [3.63, 3.8) is 0 Å². The Kier molecular flexibility index (Phi) is 6.88. The lowest BCUT2D eigenvalue weighted by atomic mass is 10.1. The molecule has 2 aliphatic rings. The van der Waals surface area contributed by atoms with E-state index in [9.17, 15) is 13.2 Å². The second kappa shape index (κ2) is 9.91. The lowest BCUT2D eigenvalue weighted by Crippen LogP contribution is -2.44. The molecule has 1 aromatic carbocycles. The van der Waals surface area contributed by atoms with Gasteiger partial charge < -0.3 is 20.3 Å². The predicted octanol–water partition coefficient (Wildman–Crippen LogP) is 4.25. The van der Waals surface area contributed by atoms with Crippen LogP contribution in [0.25, 0.3) is 11.4 Å². The molecule has 1 aliphatic heterocycles. The number of benzene rings is 1. The van der Waals surface area contributed by atoms with Crippen molar-refractivity contribution >= 4 is 33.1 Å². The number of nitrogens with one attached hydrogen (secondary N) is 3. The van der Waals surface area contributed by atoms with E-state index < -0.39 is 25.4 Å². The Hall–Kier alpha value is -3.51. The first kappa shape index (κ1) is 27.1. The molecular weight excluding hydrogens is 518 g/mol. The molecule has 208 valence electrons. The van der Waals surface area contributed by atoms with Crippen molar-refractivity contribution in [2.45, 2.75) is 63.0 Å². The van der Waals surface area contributed by atoms with Crippen LogP contribution in [-0.4, -0.2) is 65.2 Å². The van der Waals surface area contributed by atoms with Crippen LogP contribution in [0, 0.1) is 6.92 Å². The fraction of sp³-hybridized carbons (Fsp3) is 0.481. The molecule has 1 saturated carbocycles. The monoisotopic (exact) mass is 553 g/mol. The number of morpholine rings is 1. The zero-order valence-electron chi connectivity index (χ0n) is 22.9. The van der Waals surface area contributed by atoms with Gasteiger partial charge in [-0.2, -0.15) is 5.10 Å². The largest absolute Gasteiger partial charge is 0.377 e. The summed E-state index contributed by atoms with van der Waals surface area (Å²) >= 11 is 0. The summed E-state index contributed by atoms with van der Waals surface area (Å²) < 4.78 is 31.0. The first-order chi connectivity index (χ1) is 18.4. The van der Waals surface area contributed by atoms with Gasteiger partial charge in [-0.3, -0.25) is 5.10 Å². The fourth-order valence-corrected chi connectivity index (χ4v) is 7.03. The van der Waals surface area contributed by atoms with E-state index in [2.05, 4.69) is 32.7 Å². The van der Waals surface area contributed by atoms with E-state index in [1.807, 2.05) is 25.1 Å². The molecule has 2 fully saturated rings. The van der Waals surface area contributed by atoms with Gasteiger partial charge >= 0.3 is 6.03 Å². The maximum absolute atomic E-state index is 13.7. The van der Waals surface area contributed by atoms with Crippen molar-refractivity contribution in [1.29, 1.82) is 0 Å². The van der Waals surface area contributed by atoms with Gasteiger partial charge in [-0.25, -0.2) is 23.2 Å². The zero-order valence-corrected chi connectivity index (χ0v) is 23.7. The number of carbonyl (C=O) groups excluding carboxylic acids is 1. The smallest absolute Gasteiger partial charge is 0.323 e. The first-order valence-electron chi connectivity index (χ1n) is 13.1. The Labute approximate surface area is 228 Å². The quantitative estimate of drug-likeness (QED) is 0.411. The van der Waals surface area contributed by atoms with Gasteiger partial charge in [0, 0.05) is 23.9 Å². The maximum atomic E-state index is 13.7. The van der Waals surface area contributed by atoms with E-state index in [0.29, 0.717) is 61.3 Å². The van der Waals surface area contributed by atoms with E-state index in [-0.39, 0.29) is 6.04 Å². The molecule has 5 rings (SSSR count). The predicted molar refractivity (Wildman–Crippen MR) is 151 cm³/mol. The topological polar surface area (TPSA) is 142 Å². The average Bonchev–Trinajstić information content (AvgIpc) is 3.62. The molecule has 11 nitrogen and oxygen atoms in total. The molecule has 3 heterocycles. The van der Waals surface area contributed by atoms with Crippen LogP contribution in [0.1, 0.15) is 51.9 Å². The summed E-state index contributed by atoms with van der Waals surface area (Å²) in [6.07, 6.45) is 2.62. The minimum absolute atomic E-state index is 0.0904. The van der Waals surface area contributed by atoms with E-state index >= 15 is 0 Å². The van der Waals surface area contributed by atoms with E-state index in [1.165, 1.54) is 0 Å². The number of hydrogen-bond donors (Lipinski definition) is 3. The molecule has 0 spiro atoms. The Morgan fingerprint density at radius 3 is 2.46 bits per heavy atom. The number of carbonyl (C=O) groups is 1. The number of sulfone groups is 1. The second-order valence-electron chi connectivity index (χ2n) is 11.2. The first-order valence-corrected chi connectivity index (χ1v) is 14.6. The molecule has 3 aromatic rings. The molecule has 1 aliphatic carbocycles. The van der Waals surface area contributed by atoms with E-state index in [1.54, 1.807) is 39.1 Å². The highest BCUT2D eigenvalue weighted by molar-refractivity contribution is 7.94. The lowest BCUT2D eigenvalue weighted by molar-refractivity contribution is 0.0985. The Morgan fingerprint density at radius 1 is 1.15 bits per heavy atom. The number of H-pyrrole nitrogens is 1. The highest BCUT2D eigenvalue weighted by Gasteiger charge is 2.61. The van der Waals surface area contributed by atoms with E-state index in [0.717, 1.165) is 11.3 Å². The fourth-order valence-electron chi connectivity index (χ4n) is 4.84. The number of hydrogen-bond acceptors (Lipinski definition) is 8. The van der Waals surface area contributed by atoms with Gasteiger partial charge in [-0.15, -0.1) is 0 Å². The number of aromatic amines is 1. The molecule has 2 amide bonds. The molecule has 1 atom stereocenters. The van der Waals surface area contributed by atoms with Crippen molar-refractivity contribution in [3.8, 4) is 11.4 Å². The summed E-state index contributed by atoms with van der Waals surface area (Å²) in [5.74, 6) is 1.14. The summed E-state index contributed by atoms with van der Waals surface area (Å²) in [6, 6.07) is 8.72. The van der Waals surface area contributed by atoms with Gasteiger partial charge in [0.15, 0.2) is 15.7 Å². The standard InChI is InChI=1S/C27H35N7O4S/c1-17-16-38-13-12-34(17)23-14-22(27(10-11-27)39(36,37)26(3,4)5)31-24(32-23)19-6-8-20(9-7-19)29-25(35)30-21-15-28-33-18(21)2/h6-9,14-15,17H,10-13,16H2,1-5H3,(H,28,33)(H2,29,30,35)/t17-/m0/s1. The molecule has 1 saturated heterocycles. The van der Waals surface area contributed by atoms with Gasteiger partial charge in [0.05, 0.1) is 47.3 Å². The number of ether oxygens (including phenoxy) is 1. The van der Waals surface area contributed by atoms with Crippen molar-refractivity contribution in [2.75, 3.05) is 35.3 Å². The van der Waals surface area contributed by atoms with Crippen LogP contribution >= 0.6 is 0 Å². The summed E-state index contributed by atoms with van der Waals surface area (Å²) in [5, 5.41) is 12.2. The average molecular weight is 554 g/mol. The molecule has 0 unspecified atom stereocenters. The second-order valence-corrected chi connectivity index (χ2v) is 14.2. The third kappa shape index (κ3) is 5.10. The number of urea groups is 1. The van der Waals surface area contributed by atoms with Gasteiger partial charge in [0.25, 0.3) is 0 Å². The van der Waals surface area contributed by atoms with Crippen LogP contribution in [0.3, 0.4) is 0 Å². The summed E-state index contributed by atoms with van der Waals surface area (Å²) in [5.41, 5.74) is 3.19. The van der Waals surface area contributed by atoms with Crippen LogP contribution in [0.4, 0.5) is 22.0 Å². The Bertz CT molecular complexity index is 1470. The molecule has 0 bridgehead atoms. The van der Waals surface area contributed by atoms with Crippen LogP contribution < -0.4 is 15.5 Å². The highest BCUT2D eigenvalue weighted by atomic mass is 32.2. The maximum Gasteiger partial charge on any atom is 0.323 e. The van der Waals surface area contributed by atoms with Crippen LogP contribution in [0.5, 0.6) is 0 Å². The Morgan fingerprint density at radius 2 is 1.87 bits per heavy atom. The van der Waals surface area contributed by atoms with Crippen LogP contribution in [0.15, 0.2) is 36.5 Å². The Balaban J connectivity index is 1.47. The lowest BCUT2D eigenvalue weighted by Gasteiger charge is -2.35. The molecule has 39 heavy (non-hydrogen) atoms. The van der Waals surface area contributed by atoms with Crippen molar-refractivity contribution < 1.29 is 17.9 Å². The normalized spacial score (nSPS) is 19.0. The number of nitrogens with zero attached hydrogens (tertiary/aromatic N) is 4. The molecule has 12 heteroatoms. The molecule has 2 aromatic heterocycles. The van der Waals surface area contributed by atoms with Gasteiger partial charge in [0.1, 0.15) is 10.6 Å². The minimum atomic E-state index is -3.52. The zero-order chi connectivity index (χ0) is 28.0. The SMILES string of the molecule is Cc1[nH]ncc1NC(=O)Nc1ccc(-c2nc(N3CCOC[C@@H]3C)cc(C3(S(=O)(=O)C(C)(C)C)CC3)n2)cc1. The molecule has 3 N–H and O–H groups in total. The van der Waals surface area contributed by atoms with E-state index in [4.69, 9.17) is 14.7 Å². The summed E-state index contributed by atoms with van der Waals surface area (Å²) in [4.78, 5) is 24.3. The minimum Gasteiger partial charge on any atom is -0.377 e. The summed E-state index contributed by atoms with van der Waals surface area (Å²) in [6.45, 7) is 10.9. The highest BCUT2D eigenvalue weighted by Crippen LogP contribution is 2.56. The van der Waals surface area contributed by atoms with Gasteiger partial charge in [-0.05, 0) is 71.7 Å². The van der Waals surface area contributed by atoms with Crippen molar-refractivity contribution in [3.05, 3.63) is 47.9 Å². The number of amides is 2. The van der Waals surface area contributed by atoms with Gasteiger partial charge in [-0.1, -0.05) is 0 Å². The summed E-state index contributed by atoms with van der Waals surface area (Å²) in [7, 11) is -3.52. The van der Waals surface area contributed by atoms with Crippen LogP contribution in [0.2, 0.25) is 0 Å².